The fourth-order valence-corrected chi connectivity index (χ4v) is 3.27. The lowest BCUT2D eigenvalue weighted by molar-refractivity contribution is -0.148. The number of nitrogens with one attached hydrogen (secondary N) is 1. The second kappa shape index (κ2) is 6.14. The van der Waals surface area contributed by atoms with Crippen LogP contribution in [0.4, 0.5) is 0 Å². The Labute approximate surface area is 116 Å². The number of rotatable bonds is 4. The van der Waals surface area contributed by atoms with E-state index in [1.54, 1.807) is 17.5 Å². The zero-order chi connectivity index (χ0) is 13.8. The number of nitrogens with zero attached hydrogens (tertiary/aromatic N) is 1. The van der Waals surface area contributed by atoms with Crippen molar-refractivity contribution in [2.24, 2.45) is 11.8 Å². The van der Waals surface area contributed by atoms with E-state index in [0.29, 0.717) is 19.4 Å². The second-order valence-electron chi connectivity index (χ2n) is 4.90. The van der Waals surface area contributed by atoms with Crippen molar-refractivity contribution in [1.29, 1.82) is 0 Å². The summed E-state index contributed by atoms with van der Waals surface area (Å²) in [5.41, 5.74) is 0. The molecule has 2 atom stereocenters. The van der Waals surface area contributed by atoms with Crippen LogP contribution in [-0.4, -0.2) is 22.0 Å². The molecule has 0 aromatic carbocycles. The Morgan fingerprint density at radius 3 is 2.68 bits per heavy atom. The van der Waals surface area contributed by atoms with E-state index >= 15 is 0 Å². The molecule has 1 fully saturated rings. The molecule has 0 saturated heterocycles. The van der Waals surface area contributed by atoms with Gasteiger partial charge in [-0.3, -0.25) is 9.59 Å². The van der Waals surface area contributed by atoms with Crippen LogP contribution in [0.5, 0.6) is 0 Å². The molecule has 1 aromatic heterocycles. The van der Waals surface area contributed by atoms with Gasteiger partial charge >= 0.3 is 5.97 Å². The van der Waals surface area contributed by atoms with E-state index in [0.717, 1.165) is 22.7 Å². The van der Waals surface area contributed by atoms with Crippen LogP contribution in [0.25, 0.3) is 0 Å². The SMILES string of the molecule is Cc1ncc(CNC(=O)C2CCCCC2C(=O)O)s1. The average molecular weight is 282 g/mol. The summed E-state index contributed by atoms with van der Waals surface area (Å²) in [6, 6.07) is 0. The van der Waals surface area contributed by atoms with Gasteiger partial charge < -0.3 is 10.4 Å². The molecule has 2 rings (SSSR count). The molecule has 1 aliphatic carbocycles. The summed E-state index contributed by atoms with van der Waals surface area (Å²) >= 11 is 1.54. The second-order valence-corrected chi connectivity index (χ2v) is 6.22. The van der Waals surface area contributed by atoms with Crippen LogP contribution in [0.3, 0.4) is 0 Å². The van der Waals surface area contributed by atoms with Gasteiger partial charge in [0.05, 0.1) is 23.4 Å². The van der Waals surface area contributed by atoms with Crippen molar-refractivity contribution in [1.82, 2.24) is 10.3 Å². The number of aryl methyl sites for hydroxylation is 1. The maximum Gasteiger partial charge on any atom is 0.307 e. The van der Waals surface area contributed by atoms with Crippen molar-refractivity contribution in [3.05, 3.63) is 16.1 Å². The van der Waals surface area contributed by atoms with Crippen LogP contribution in [0.1, 0.15) is 35.6 Å². The van der Waals surface area contributed by atoms with E-state index in [9.17, 15) is 9.59 Å². The predicted molar refractivity (Wildman–Crippen MR) is 71.8 cm³/mol. The van der Waals surface area contributed by atoms with Crippen molar-refractivity contribution in [2.45, 2.75) is 39.2 Å². The number of amides is 1. The molecule has 1 saturated carbocycles. The summed E-state index contributed by atoms with van der Waals surface area (Å²) in [5.74, 6) is -1.91. The lowest BCUT2D eigenvalue weighted by Gasteiger charge is -2.27. The van der Waals surface area contributed by atoms with Crippen LogP contribution >= 0.6 is 11.3 Å². The van der Waals surface area contributed by atoms with Gasteiger partial charge in [-0.15, -0.1) is 11.3 Å². The minimum Gasteiger partial charge on any atom is -0.481 e. The zero-order valence-corrected chi connectivity index (χ0v) is 11.7. The van der Waals surface area contributed by atoms with Crippen molar-refractivity contribution >= 4 is 23.2 Å². The Hall–Kier alpha value is -1.43. The Morgan fingerprint density at radius 1 is 1.42 bits per heavy atom. The van der Waals surface area contributed by atoms with Crippen molar-refractivity contribution < 1.29 is 14.7 Å². The molecule has 2 unspecified atom stereocenters. The van der Waals surface area contributed by atoms with E-state index in [1.165, 1.54) is 0 Å². The summed E-state index contributed by atoms with van der Waals surface area (Å²) in [5, 5.41) is 13.0. The average Bonchev–Trinajstić information content (AvgIpc) is 2.81. The standard InChI is InChI=1S/C13H18N2O3S/c1-8-14-6-9(19-8)7-15-12(16)10-4-2-3-5-11(10)13(17)18/h6,10-11H,2-5,7H2,1H3,(H,15,16)(H,17,18). The summed E-state index contributed by atoms with van der Waals surface area (Å²) in [4.78, 5) is 28.4. The first-order valence-corrected chi connectivity index (χ1v) is 7.31. The Balaban J connectivity index is 1.92. The fourth-order valence-electron chi connectivity index (χ4n) is 2.53. The number of hydrogen-bond acceptors (Lipinski definition) is 4. The van der Waals surface area contributed by atoms with Crippen LogP contribution in [0, 0.1) is 18.8 Å². The number of thiazole rings is 1. The Bertz CT molecular complexity index is 472. The number of aromatic nitrogens is 1. The normalized spacial score (nSPS) is 23.0. The lowest BCUT2D eigenvalue weighted by atomic mass is 9.79. The summed E-state index contributed by atoms with van der Waals surface area (Å²) < 4.78 is 0. The Morgan fingerprint density at radius 2 is 2.11 bits per heavy atom. The van der Waals surface area contributed by atoms with E-state index in [4.69, 9.17) is 5.11 Å². The summed E-state index contributed by atoms with van der Waals surface area (Å²) in [7, 11) is 0. The predicted octanol–water partition coefficient (Wildman–Crippen LogP) is 1.96. The lowest BCUT2D eigenvalue weighted by Crippen LogP contribution is -2.39. The summed E-state index contributed by atoms with van der Waals surface area (Å²) in [6.07, 6.45) is 4.85. The number of carbonyl (C=O) groups excluding carboxylic acids is 1. The highest BCUT2D eigenvalue weighted by Gasteiger charge is 2.35. The van der Waals surface area contributed by atoms with E-state index < -0.39 is 11.9 Å². The zero-order valence-electron chi connectivity index (χ0n) is 10.9. The van der Waals surface area contributed by atoms with Gasteiger partial charge in [0.25, 0.3) is 0 Å². The molecule has 1 aliphatic rings. The van der Waals surface area contributed by atoms with E-state index in [2.05, 4.69) is 10.3 Å². The van der Waals surface area contributed by atoms with Crippen LogP contribution in [0.15, 0.2) is 6.20 Å². The third kappa shape index (κ3) is 3.53. The van der Waals surface area contributed by atoms with Crippen LogP contribution in [-0.2, 0) is 16.1 Å². The van der Waals surface area contributed by atoms with Crippen LogP contribution in [0.2, 0.25) is 0 Å². The van der Waals surface area contributed by atoms with Crippen LogP contribution < -0.4 is 5.32 Å². The summed E-state index contributed by atoms with van der Waals surface area (Å²) in [6.45, 7) is 2.35. The molecular weight excluding hydrogens is 264 g/mol. The van der Waals surface area contributed by atoms with Gasteiger partial charge in [0.1, 0.15) is 0 Å². The van der Waals surface area contributed by atoms with Gasteiger partial charge in [0, 0.05) is 11.1 Å². The molecule has 0 aliphatic heterocycles. The molecule has 1 amide bonds. The molecule has 0 bridgehead atoms. The quantitative estimate of drug-likeness (QED) is 0.884. The Kier molecular flexibility index (Phi) is 4.52. The minimum absolute atomic E-state index is 0.141. The topological polar surface area (TPSA) is 79.3 Å². The molecule has 104 valence electrons. The molecule has 2 N–H and O–H groups in total. The number of carboxylic acid groups (broad SMARTS) is 1. The highest BCUT2D eigenvalue weighted by Crippen LogP contribution is 2.30. The maximum atomic E-state index is 12.1. The molecule has 6 heteroatoms. The smallest absolute Gasteiger partial charge is 0.307 e. The number of hydrogen-bond donors (Lipinski definition) is 2. The highest BCUT2D eigenvalue weighted by molar-refractivity contribution is 7.11. The van der Waals surface area contributed by atoms with Crippen molar-refractivity contribution in [3.63, 3.8) is 0 Å². The molecule has 19 heavy (non-hydrogen) atoms. The van der Waals surface area contributed by atoms with Crippen molar-refractivity contribution in [2.75, 3.05) is 0 Å². The first-order valence-electron chi connectivity index (χ1n) is 6.49. The van der Waals surface area contributed by atoms with E-state index in [-0.39, 0.29) is 11.8 Å². The van der Waals surface area contributed by atoms with Gasteiger partial charge in [0.15, 0.2) is 0 Å². The molecule has 5 nitrogen and oxygen atoms in total. The number of aliphatic carboxylic acids is 1. The number of carbonyl (C=O) groups is 2. The molecule has 1 aromatic rings. The highest BCUT2D eigenvalue weighted by atomic mass is 32.1. The fraction of sp³-hybridized carbons (Fsp3) is 0.615. The minimum atomic E-state index is -0.853. The monoisotopic (exact) mass is 282 g/mol. The van der Waals surface area contributed by atoms with Gasteiger partial charge in [-0.2, -0.15) is 0 Å². The largest absolute Gasteiger partial charge is 0.481 e. The van der Waals surface area contributed by atoms with Gasteiger partial charge in [0.2, 0.25) is 5.91 Å². The maximum absolute atomic E-state index is 12.1. The molecule has 0 radical (unpaired) electrons. The van der Waals surface area contributed by atoms with Gasteiger partial charge in [-0.25, -0.2) is 4.98 Å². The van der Waals surface area contributed by atoms with Crippen molar-refractivity contribution in [3.8, 4) is 0 Å². The first-order chi connectivity index (χ1) is 9.08. The number of carboxylic acids is 1. The molecular formula is C13H18N2O3S. The molecule has 0 spiro atoms. The third-order valence-electron chi connectivity index (χ3n) is 3.53. The third-order valence-corrected chi connectivity index (χ3v) is 4.44. The molecule has 1 heterocycles. The van der Waals surface area contributed by atoms with Gasteiger partial charge in [-0.05, 0) is 19.8 Å². The van der Waals surface area contributed by atoms with E-state index in [1.807, 2.05) is 6.92 Å². The van der Waals surface area contributed by atoms with Gasteiger partial charge in [-0.1, -0.05) is 12.8 Å². The first kappa shape index (κ1) is 14.0.